The Hall–Kier alpha value is -2.39. The molecule has 0 atom stereocenters. The predicted molar refractivity (Wildman–Crippen MR) is 99.6 cm³/mol. The van der Waals surface area contributed by atoms with Crippen molar-refractivity contribution in [2.75, 3.05) is 5.43 Å². The molecule has 0 saturated carbocycles. The standard InChI is InChI=1S/C17H11BrF3N3OS/c18-12-6-11(15(25)13(7-12)17(19,20)21)8-22-24-16-23-14(9-26-16)10-4-2-1-3-5-10/h1-9,25H,(H,23,24). The highest BCUT2D eigenvalue weighted by Gasteiger charge is 2.35. The zero-order chi connectivity index (χ0) is 18.7. The number of benzene rings is 2. The molecule has 0 radical (unpaired) electrons. The Bertz CT molecular complexity index is 942. The summed E-state index contributed by atoms with van der Waals surface area (Å²) in [6, 6.07) is 11.7. The Kier molecular flexibility index (Phi) is 5.28. The van der Waals surface area contributed by atoms with Crippen LogP contribution in [-0.4, -0.2) is 16.3 Å². The third-order valence-electron chi connectivity index (χ3n) is 3.35. The Balaban J connectivity index is 1.78. The van der Waals surface area contributed by atoms with Crippen molar-refractivity contribution >= 4 is 38.6 Å². The van der Waals surface area contributed by atoms with E-state index in [-0.39, 0.29) is 10.0 Å². The van der Waals surface area contributed by atoms with Gasteiger partial charge in [-0.05, 0) is 12.1 Å². The first-order valence-electron chi connectivity index (χ1n) is 7.24. The quantitative estimate of drug-likeness (QED) is 0.400. The second-order valence-corrected chi connectivity index (χ2v) is 6.94. The number of phenolic OH excluding ortho intramolecular Hbond substituents is 1. The molecule has 0 spiro atoms. The van der Waals surface area contributed by atoms with Crippen LogP contribution in [0.3, 0.4) is 0 Å². The van der Waals surface area contributed by atoms with Crippen molar-refractivity contribution in [3.8, 4) is 17.0 Å². The molecule has 0 unspecified atom stereocenters. The number of alkyl halides is 3. The first kappa shape index (κ1) is 18.4. The van der Waals surface area contributed by atoms with Crippen molar-refractivity contribution in [2.24, 2.45) is 5.10 Å². The summed E-state index contributed by atoms with van der Waals surface area (Å²) in [4.78, 5) is 4.35. The molecule has 0 aliphatic rings. The molecule has 2 N–H and O–H groups in total. The third-order valence-corrected chi connectivity index (χ3v) is 4.55. The smallest absolute Gasteiger partial charge is 0.420 e. The zero-order valence-electron chi connectivity index (χ0n) is 13.0. The summed E-state index contributed by atoms with van der Waals surface area (Å²) in [5.41, 5.74) is 3.16. The van der Waals surface area contributed by atoms with Crippen molar-refractivity contribution in [3.05, 3.63) is 63.4 Å². The fourth-order valence-electron chi connectivity index (χ4n) is 2.16. The summed E-state index contributed by atoms with van der Waals surface area (Å²) in [7, 11) is 0. The SMILES string of the molecule is Oc1c(C=NNc2nc(-c3ccccc3)cs2)cc(Br)cc1C(F)(F)F. The van der Waals surface area contributed by atoms with Crippen molar-refractivity contribution < 1.29 is 18.3 Å². The molecular weight excluding hydrogens is 431 g/mol. The lowest BCUT2D eigenvalue weighted by molar-refractivity contribution is -0.138. The maximum Gasteiger partial charge on any atom is 0.420 e. The van der Waals surface area contributed by atoms with E-state index in [0.29, 0.717) is 5.13 Å². The van der Waals surface area contributed by atoms with E-state index in [9.17, 15) is 18.3 Å². The van der Waals surface area contributed by atoms with Crippen LogP contribution in [0.15, 0.2) is 57.4 Å². The zero-order valence-corrected chi connectivity index (χ0v) is 15.4. The topological polar surface area (TPSA) is 57.5 Å². The van der Waals surface area contributed by atoms with E-state index in [2.05, 4.69) is 31.4 Å². The maximum absolute atomic E-state index is 12.9. The Labute approximate surface area is 159 Å². The Morgan fingerprint density at radius 1 is 1.19 bits per heavy atom. The van der Waals surface area contributed by atoms with Crippen LogP contribution < -0.4 is 5.43 Å². The summed E-state index contributed by atoms with van der Waals surface area (Å²) < 4.78 is 38.9. The molecule has 2 aromatic carbocycles. The fourth-order valence-corrected chi connectivity index (χ4v) is 3.30. The molecule has 9 heteroatoms. The van der Waals surface area contributed by atoms with Crippen molar-refractivity contribution in [1.82, 2.24) is 4.98 Å². The van der Waals surface area contributed by atoms with Crippen LogP contribution >= 0.6 is 27.3 Å². The summed E-state index contributed by atoms with van der Waals surface area (Å²) in [6.45, 7) is 0. The highest BCUT2D eigenvalue weighted by molar-refractivity contribution is 9.10. The van der Waals surface area contributed by atoms with Gasteiger partial charge in [-0.15, -0.1) is 11.3 Å². The van der Waals surface area contributed by atoms with E-state index >= 15 is 0 Å². The number of thiazole rings is 1. The summed E-state index contributed by atoms with van der Waals surface area (Å²) in [5, 5.41) is 16.0. The number of hydrogen-bond donors (Lipinski definition) is 2. The van der Waals surface area contributed by atoms with Crippen LogP contribution in [0, 0.1) is 0 Å². The number of hydrogen-bond acceptors (Lipinski definition) is 5. The number of rotatable bonds is 4. The maximum atomic E-state index is 12.9. The lowest BCUT2D eigenvalue weighted by Crippen LogP contribution is -2.06. The molecule has 1 aromatic heterocycles. The van der Waals surface area contributed by atoms with Crippen LogP contribution in [-0.2, 0) is 6.18 Å². The monoisotopic (exact) mass is 441 g/mol. The normalized spacial score (nSPS) is 11.8. The number of phenols is 1. The molecular formula is C17H11BrF3N3OS. The highest BCUT2D eigenvalue weighted by Crippen LogP contribution is 2.39. The van der Waals surface area contributed by atoms with Gasteiger partial charge in [0.15, 0.2) is 0 Å². The van der Waals surface area contributed by atoms with Crippen LogP contribution in [0.25, 0.3) is 11.3 Å². The average molecular weight is 442 g/mol. The lowest BCUT2D eigenvalue weighted by Gasteiger charge is -2.11. The van der Waals surface area contributed by atoms with Gasteiger partial charge in [0.1, 0.15) is 5.75 Å². The summed E-state index contributed by atoms with van der Waals surface area (Å²) in [6.07, 6.45) is -3.55. The molecule has 4 nitrogen and oxygen atoms in total. The van der Waals surface area contributed by atoms with Gasteiger partial charge in [0.25, 0.3) is 0 Å². The van der Waals surface area contributed by atoms with Gasteiger partial charge in [0.05, 0.1) is 17.5 Å². The number of aromatic nitrogens is 1. The minimum absolute atomic E-state index is 0.0703. The predicted octanol–water partition coefficient (Wildman–Crippen LogP) is 5.74. The van der Waals surface area contributed by atoms with Crippen molar-refractivity contribution in [2.45, 2.75) is 6.18 Å². The van der Waals surface area contributed by atoms with Gasteiger partial charge in [-0.2, -0.15) is 18.3 Å². The van der Waals surface area contributed by atoms with E-state index in [0.717, 1.165) is 23.5 Å². The van der Waals surface area contributed by atoms with Gasteiger partial charge in [0, 0.05) is 21.0 Å². The van der Waals surface area contributed by atoms with Crippen molar-refractivity contribution in [1.29, 1.82) is 0 Å². The number of aromatic hydroxyl groups is 1. The van der Waals surface area contributed by atoms with E-state index in [1.54, 1.807) is 0 Å². The van der Waals surface area contributed by atoms with Gasteiger partial charge < -0.3 is 5.11 Å². The first-order chi connectivity index (χ1) is 12.3. The minimum Gasteiger partial charge on any atom is -0.507 e. The fraction of sp³-hybridized carbons (Fsp3) is 0.0588. The second kappa shape index (κ2) is 7.46. The van der Waals surface area contributed by atoms with E-state index in [1.165, 1.54) is 17.4 Å². The average Bonchev–Trinajstić information content (AvgIpc) is 3.06. The van der Waals surface area contributed by atoms with Crippen LogP contribution in [0.2, 0.25) is 0 Å². The minimum atomic E-state index is -4.66. The number of nitrogens with one attached hydrogen (secondary N) is 1. The molecule has 26 heavy (non-hydrogen) atoms. The Morgan fingerprint density at radius 3 is 2.62 bits per heavy atom. The highest BCUT2D eigenvalue weighted by atomic mass is 79.9. The second-order valence-electron chi connectivity index (χ2n) is 5.16. The lowest BCUT2D eigenvalue weighted by atomic mass is 10.1. The molecule has 3 aromatic rings. The number of anilines is 1. The summed E-state index contributed by atoms with van der Waals surface area (Å²) in [5.74, 6) is -0.879. The Morgan fingerprint density at radius 2 is 1.92 bits per heavy atom. The van der Waals surface area contributed by atoms with E-state index in [4.69, 9.17) is 0 Å². The van der Waals surface area contributed by atoms with Gasteiger partial charge in [-0.25, -0.2) is 4.98 Å². The molecule has 134 valence electrons. The van der Waals surface area contributed by atoms with Gasteiger partial charge in [-0.1, -0.05) is 46.3 Å². The van der Waals surface area contributed by atoms with Gasteiger partial charge >= 0.3 is 6.18 Å². The van der Waals surface area contributed by atoms with Crippen LogP contribution in [0.5, 0.6) is 5.75 Å². The van der Waals surface area contributed by atoms with Gasteiger partial charge in [-0.3, -0.25) is 5.43 Å². The third kappa shape index (κ3) is 4.23. The van der Waals surface area contributed by atoms with Crippen molar-refractivity contribution in [3.63, 3.8) is 0 Å². The number of nitrogens with zero attached hydrogens (tertiary/aromatic N) is 2. The van der Waals surface area contributed by atoms with Gasteiger partial charge in [0.2, 0.25) is 5.13 Å². The molecule has 0 saturated heterocycles. The first-order valence-corrected chi connectivity index (χ1v) is 8.91. The van der Waals surface area contributed by atoms with E-state index in [1.807, 2.05) is 35.7 Å². The molecule has 1 heterocycles. The molecule has 0 aliphatic heterocycles. The van der Waals surface area contributed by atoms with Crippen LogP contribution in [0.1, 0.15) is 11.1 Å². The summed E-state index contributed by atoms with van der Waals surface area (Å²) >= 11 is 4.31. The molecule has 0 amide bonds. The molecule has 0 fully saturated rings. The van der Waals surface area contributed by atoms with Crippen LogP contribution in [0.4, 0.5) is 18.3 Å². The number of hydrazone groups is 1. The number of halogens is 4. The molecule has 0 bridgehead atoms. The molecule has 0 aliphatic carbocycles. The molecule has 3 rings (SSSR count). The van der Waals surface area contributed by atoms with E-state index < -0.39 is 17.5 Å². The largest absolute Gasteiger partial charge is 0.507 e.